The molecule has 5 heteroatoms. The SMILES string of the molecule is CC1=Nc2ccccc2C1=CC1NC(=S)NC1=O. The van der Waals surface area contributed by atoms with Crippen LogP contribution in [0.3, 0.4) is 0 Å². The van der Waals surface area contributed by atoms with E-state index in [0.29, 0.717) is 5.11 Å². The first-order valence-electron chi connectivity index (χ1n) is 5.63. The number of nitrogens with zero attached hydrogens (tertiary/aromatic N) is 1. The third-order valence-electron chi connectivity index (χ3n) is 3.01. The summed E-state index contributed by atoms with van der Waals surface area (Å²) in [5, 5.41) is 5.88. The van der Waals surface area contributed by atoms with Crippen molar-refractivity contribution in [1.29, 1.82) is 0 Å². The van der Waals surface area contributed by atoms with E-state index in [9.17, 15) is 4.79 Å². The lowest BCUT2D eigenvalue weighted by Crippen LogP contribution is -2.26. The van der Waals surface area contributed by atoms with Gasteiger partial charge in [0.2, 0.25) is 0 Å². The zero-order chi connectivity index (χ0) is 12.7. The van der Waals surface area contributed by atoms with Crippen molar-refractivity contribution in [2.45, 2.75) is 13.0 Å². The largest absolute Gasteiger partial charge is 0.347 e. The number of thiocarbonyl (C=S) groups is 1. The molecule has 0 aromatic heterocycles. The molecule has 1 aromatic rings. The van der Waals surface area contributed by atoms with Crippen LogP contribution in [0.4, 0.5) is 5.69 Å². The van der Waals surface area contributed by atoms with Crippen LogP contribution in [-0.2, 0) is 4.79 Å². The number of allylic oxidation sites excluding steroid dienone is 1. The Morgan fingerprint density at radius 3 is 2.89 bits per heavy atom. The molecule has 4 nitrogen and oxygen atoms in total. The van der Waals surface area contributed by atoms with Gasteiger partial charge >= 0.3 is 0 Å². The molecule has 1 saturated heterocycles. The van der Waals surface area contributed by atoms with Crippen LogP contribution in [0.15, 0.2) is 35.3 Å². The number of rotatable bonds is 1. The Morgan fingerprint density at radius 2 is 2.17 bits per heavy atom. The smallest absolute Gasteiger partial charge is 0.252 e. The number of para-hydroxylation sites is 1. The molecular formula is C13H11N3OS. The number of fused-ring (bicyclic) bond motifs is 1. The molecule has 0 spiro atoms. The topological polar surface area (TPSA) is 53.5 Å². The summed E-state index contributed by atoms with van der Waals surface area (Å²) in [6.45, 7) is 1.94. The van der Waals surface area contributed by atoms with Gasteiger partial charge in [-0.25, -0.2) is 0 Å². The molecule has 2 heterocycles. The van der Waals surface area contributed by atoms with E-state index >= 15 is 0 Å². The van der Waals surface area contributed by atoms with Crippen LogP contribution in [0.2, 0.25) is 0 Å². The molecular weight excluding hydrogens is 246 g/mol. The standard InChI is InChI=1S/C13H11N3OS/c1-7-9(6-11-12(17)16-13(18)15-11)8-4-2-3-5-10(8)14-7/h2-6,11H,1H3,(H2,15,16,17,18). The Kier molecular flexibility index (Phi) is 2.48. The third kappa shape index (κ3) is 1.73. The van der Waals surface area contributed by atoms with Crippen LogP contribution in [-0.4, -0.2) is 22.8 Å². The average Bonchev–Trinajstić information content (AvgIpc) is 2.81. The molecule has 1 unspecified atom stereocenters. The number of amides is 1. The van der Waals surface area contributed by atoms with Gasteiger partial charge in [0, 0.05) is 16.8 Å². The molecule has 2 aliphatic heterocycles. The second-order valence-corrected chi connectivity index (χ2v) is 4.64. The molecule has 1 fully saturated rings. The van der Waals surface area contributed by atoms with E-state index in [-0.39, 0.29) is 5.91 Å². The lowest BCUT2D eigenvalue weighted by molar-refractivity contribution is -0.119. The highest BCUT2D eigenvalue weighted by molar-refractivity contribution is 7.80. The van der Waals surface area contributed by atoms with E-state index < -0.39 is 6.04 Å². The minimum absolute atomic E-state index is 0.121. The molecule has 1 aromatic carbocycles. The fraction of sp³-hybridized carbons (Fsp3) is 0.154. The number of hydrogen-bond donors (Lipinski definition) is 2. The fourth-order valence-corrected chi connectivity index (χ4v) is 2.39. The summed E-state index contributed by atoms with van der Waals surface area (Å²) < 4.78 is 0. The van der Waals surface area contributed by atoms with Gasteiger partial charge in [0.25, 0.3) is 5.91 Å². The van der Waals surface area contributed by atoms with Gasteiger partial charge in [0.05, 0.1) is 5.69 Å². The van der Waals surface area contributed by atoms with Crippen LogP contribution >= 0.6 is 12.2 Å². The zero-order valence-corrected chi connectivity index (χ0v) is 10.5. The fourth-order valence-electron chi connectivity index (χ4n) is 2.16. The first kappa shape index (κ1) is 11.1. The average molecular weight is 257 g/mol. The lowest BCUT2D eigenvalue weighted by Gasteiger charge is -2.05. The molecule has 0 aliphatic carbocycles. The molecule has 1 atom stereocenters. The zero-order valence-electron chi connectivity index (χ0n) is 9.73. The summed E-state index contributed by atoms with van der Waals surface area (Å²) in [7, 11) is 0. The van der Waals surface area contributed by atoms with Crippen molar-refractivity contribution in [3.05, 3.63) is 35.9 Å². The van der Waals surface area contributed by atoms with Crippen molar-refractivity contribution in [3.8, 4) is 0 Å². The number of nitrogens with one attached hydrogen (secondary N) is 2. The predicted octanol–water partition coefficient (Wildman–Crippen LogP) is 1.55. The molecule has 1 amide bonds. The Morgan fingerprint density at radius 1 is 1.39 bits per heavy atom. The maximum absolute atomic E-state index is 11.6. The van der Waals surface area contributed by atoms with Crippen LogP contribution in [0.1, 0.15) is 12.5 Å². The molecule has 0 radical (unpaired) electrons. The van der Waals surface area contributed by atoms with Crippen molar-refractivity contribution in [1.82, 2.24) is 10.6 Å². The van der Waals surface area contributed by atoms with Crippen LogP contribution < -0.4 is 10.6 Å². The molecule has 90 valence electrons. The van der Waals surface area contributed by atoms with Crippen LogP contribution in [0.25, 0.3) is 5.57 Å². The highest BCUT2D eigenvalue weighted by atomic mass is 32.1. The van der Waals surface area contributed by atoms with Gasteiger partial charge in [-0.05, 0) is 31.3 Å². The number of carbonyl (C=O) groups is 1. The third-order valence-corrected chi connectivity index (χ3v) is 3.23. The van der Waals surface area contributed by atoms with Crippen molar-refractivity contribution < 1.29 is 4.79 Å². The maximum Gasteiger partial charge on any atom is 0.252 e. The van der Waals surface area contributed by atoms with Gasteiger partial charge in [0.15, 0.2) is 5.11 Å². The van der Waals surface area contributed by atoms with E-state index in [2.05, 4.69) is 15.6 Å². The molecule has 2 N–H and O–H groups in total. The molecule has 0 saturated carbocycles. The van der Waals surface area contributed by atoms with Gasteiger partial charge in [-0.15, -0.1) is 0 Å². The number of benzene rings is 1. The second kappa shape index (κ2) is 4.03. The summed E-state index contributed by atoms with van der Waals surface area (Å²) >= 11 is 4.92. The Labute approximate surface area is 110 Å². The van der Waals surface area contributed by atoms with Gasteiger partial charge in [-0.1, -0.05) is 18.2 Å². The Balaban J connectivity index is 2.01. The quantitative estimate of drug-likeness (QED) is 0.751. The number of hydrogen-bond acceptors (Lipinski definition) is 3. The van der Waals surface area contributed by atoms with Gasteiger partial charge in [-0.2, -0.15) is 0 Å². The van der Waals surface area contributed by atoms with Gasteiger partial charge < -0.3 is 10.6 Å². The van der Waals surface area contributed by atoms with Crippen molar-refractivity contribution >= 4 is 40.2 Å². The predicted molar refractivity (Wildman–Crippen MR) is 74.9 cm³/mol. The van der Waals surface area contributed by atoms with E-state index in [1.165, 1.54) is 0 Å². The molecule has 2 aliphatic rings. The lowest BCUT2D eigenvalue weighted by atomic mass is 10.0. The van der Waals surface area contributed by atoms with Gasteiger partial charge in [0.1, 0.15) is 6.04 Å². The van der Waals surface area contributed by atoms with Crippen LogP contribution in [0.5, 0.6) is 0 Å². The molecule has 0 bridgehead atoms. The normalized spacial score (nSPS) is 23.7. The monoisotopic (exact) mass is 257 g/mol. The molecule has 18 heavy (non-hydrogen) atoms. The van der Waals surface area contributed by atoms with Crippen molar-refractivity contribution in [2.75, 3.05) is 0 Å². The number of carbonyl (C=O) groups excluding carboxylic acids is 1. The summed E-state index contributed by atoms with van der Waals surface area (Å²) in [4.78, 5) is 16.1. The van der Waals surface area contributed by atoms with Gasteiger partial charge in [-0.3, -0.25) is 9.79 Å². The van der Waals surface area contributed by atoms with E-state index in [1.54, 1.807) is 0 Å². The minimum atomic E-state index is -0.413. The highest BCUT2D eigenvalue weighted by Crippen LogP contribution is 2.34. The van der Waals surface area contributed by atoms with Crippen molar-refractivity contribution in [3.63, 3.8) is 0 Å². The minimum Gasteiger partial charge on any atom is -0.347 e. The van der Waals surface area contributed by atoms with E-state index in [1.807, 2.05) is 37.3 Å². The second-order valence-electron chi connectivity index (χ2n) is 4.24. The summed E-state index contributed by atoms with van der Waals surface area (Å²) in [6, 6.07) is 7.48. The number of aliphatic imine (C=N–C) groups is 1. The van der Waals surface area contributed by atoms with E-state index in [4.69, 9.17) is 12.2 Å². The first-order chi connectivity index (χ1) is 8.65. The van der Waals surface area contributed by atoms with E-state index in [0.717, 1.165) is 22.5 Å². The summed E-state index contributed by atoms with van der Waals surface area (Å²) in [5.41, 5.74) is 3.91. The molecule has 3 rings (SSSR count). The summed E-state index contributed by atoms with van der Waals surface area (Å²) in [6.07, 6.45) is 1.87. The van der Waals surface area contributed by atoms with Crippen LogP contribution in [0, 0.1) is 0 Å². The van der Waals surface area contributed by atoms with Crippen molar-refractivity contribution in [2.24, 2.45) is 4.99 Å². The highest BCUT2D eigenvalue weighted by Gasteiger charge is 2.27. The maximum atomic E-state index is 11.6. The Bertz CT molecular complexity index is 618. The first-order valence-corrected chi connectivity index (χ1v) is 6.04. The summed E-state index contributed by atoms with van der Waals surface area (Å²) in [5.74, 6) is -0.121. The Hall–Kier alpha value is -2.01.